The molecule has 2 N–H and O–H groups in total. The molecule has 2 aliphatic heterocycles. The number of rotatable bonds is 0. The molecule has 0 amide bonds. The summed E-state index contributed by atoms with van der Waals surface area (Å²) in [6.07, 6.45) is 1.02. The molecule has 2 heterocycles. The Labute approximate surface area is 76.4 Å². The quantitative estimate of drug-likeness (QED) is 0.584. The third-order valence-corrected chi connectivity index (χ3v) is 2.50. The van der Waals surface area contributed by atoms with E-state index in [9.17, 15) is 0 Å². The summed E-state index contributed by atoms with van der Waals surface area (Å²) in [7, 11) is 0. The van der Waals surface area contributed by atoms with Gasteiger partial charge in [-0.1, -0.05) is 0 Å². The van der Waals surface area contributed by atoms with Crippen molar-refractivity contribution in [1.29, 1.82) is 0 Å². The van der Waals surface area contributed by atoms with Gasteiger partial charge in [-0.2, -0.15) is 4.99 Å². The third kappa shape index (κ3) is 0.971. The van der Waals surface area contributed by atoms with Crippen LogP contribution in [0.1, 0.15) is 12.5 Å². The number of hydrogen-bond acceptors (Lipinski definition) is 2. The maximum absolute atomic E-state index is 5.49. The van der Waals surface area contributed by atoms with Crippen LogP contribution in [0.2, 0.25) is 0 Å². The molecule has 3 heteroatoms. The number of amidine groups is 1. The van der Waals surface area contributed by atoms with Crippen LogP contribution in [0.25, 0.3) is 0 Å². The van der Waals surface area contributed by atoms with Gasteiger partial charge in [-0.05, 0) is 6.07 Å². The number of nitrogens with two attached hydrogens (primary N) is 1. The topological polar surface area (TPSA) is 38.2 Å². The summed E-state index contributed by atoms with van der Waals surface area (Å²) in [6, 6.07) is 4.24. The minimum Gasteiger partial charge on any atom is -0.493 e. The number of hydrogen-bond donors (Lipinski definition) is 1. The van der Waals surface area contributed by atoms with Gasteiger partial charge in [-0.3, -0.25) is 5.32 Å². The molecule has 0 saturated heterocycles. The summed E-state index contributed by atoms with van der Waals surface area (Å²) in [5.41, 5.74) is 3.59. The van der Waals surface area contributed by atoms with Crippen molar-refractivity contribution in [2.45, 2.75) is 13.3 Å². The van der Waals surface area contributed by atoms with Gasteiger partial charge in [0.1, 0.15) is 11.4 Å². The SMILES string of the molecule is CC1=Nc2cc3c(cc2[NH2+]1)OCC3. The van der Waals surface area contributed by atoms with E-state index < -0.39 is 0 Å². The Morgan fingerprint density at radius 1 is 1.46 bits per heavy atom. The van der Waals surface area contributed by atoms with Crippen LogP contribution in [0, 0.1) is 0 Å². The highest BCUT2D eigenvalue weighted by atomic mass is 16.5. The van der Waals surface area contributed by atoms with E-state index in [1.165, 1.54) is 11.3 Å². The molecule has 0 fully saturated rings. The van der Waals surface area contributed by atoms with Crippen molar-refractivity contribution in [2.24, 2.45) is 4.99 Å². The van der Waals surface area contributed by atoms with Crippen LogP contribution in [0.4, 0.5) is 11.4 Å². The van der Waals surface area contributed by atoms with Crippen LogP contribution < -0.4 is 10.1 Å². The number of nitrogens with zero attached hydrogens (tertiary/aromatic N) is 1. The van der Waals surface area contributed by atoms with Crippen molar-refractivity contribution in [3.63, 3.8) is 0 Å². The van der Waals surface area contributed by atoms with E-state index in [4.69, 9.17) is 4.74 Å². The first-order valence-corrected chi connectivity index (χ1v) is 4.53. The lowest BCUT2D eigenvalue weighted by Crippen LogP contribution is -2.79. The van der Waals surface area contributed by atoms with E-state index in [2.05, 4.69) is 22.4 Å². The predicted octanol–water partition coefficient (Wildman–Crippen LogP) is 0.880. The first kappa shape index (κ1) is 7.09. The number of aliphatic imine (C=N–C) groups is 1. The molecule has 13 heavy (non-hydrogen) atoms. The summed E-state index contributed by atoms with van der Waals surface area (Å²) in [5.74, 6) is 2.12. The fraction of sp³-hybridized carbons (Fsp3) is 0.300. The maximum Gasteiger partial charge on any atom is 0.202 e. The average molecular weight is 175 g/mol. The Morgan fingerprint density at radius 2 is 2.38 bits per heavy atom. The summed E-state index contributed by atoms with van der Waals surface area (Å²) < 4.78 is 5.49. The smallest absolute Gasteiger partial charge is 0.202 e. The van der Waals surface area contributed by atoms with Gasteiger partial charge in [0.25, 0.3) is 0 Å². The zero-order valence-corrected chi connectivity index (χ0v) is 7.50. The number of benzene rings is 1. The van der Waals surface area contributed by atoms with Gasteiger partial charge in [0.15, 0.2) is 5.69 Å². The number of quaternary nitrogens is 1. The van der Waals surface area contributed by atoms with E-state index in [1.807, 2.05) is 6.92 Å². The largest absolute Gasteiger partial charge is 0.493 e. The first-order chi connectivity index (χ1) is 6.33. The molecule has 0 aromatic heterocycles. The van der Waals surface area contributed by atoms with Gasteiger partial charge in [0.2, 0.25) is 5.84 Å². The van der Waals surface area contributed by atoms with E-state index in [-0.39, 0.29) is 0 Å². The van der Waals surface area contributed by atoms with E-state index in [0.29, 0.717) is 0 Å². The Kier molecular flexibility index (Phi) is 1.27. The molecule has 2 aliphatic rings. The van der Waals surface area contributed by atoms with Crippen molar-refractivity contribution in [2.75, 3.05) is 6.61 Å². The fourth-order valence-electron chi connectivity index (χ4n) is 1.89. The Bertz CT molecular complexity index is 410. The minimum atomic E-state index is 0.820. The molecular formula is C10H11N2O+. The molecule has 1 aromatic rings. The summed E-state index contributed by atoms with van der Waals surface area (Å²) >= 11 is 0. The molecule has 66 valence electrons. The van der Waals surface area contributed by atoms with Gasteiger partial charge in [0, 0.05) is 25.0 Å². The second-order valence-corrected chi connectivity index (χ2v) is 3.51. The minimum absolute atomic E-state index is 0.820. The molecule has 0 unspecified atom stereocenters. The van der Waals surface area contributed by atoms with Crippen molar-refractivity contribution in [3.05, 3.63) is 17.7 Å². The number of fused-ring (bicyclic) bond motifs is 2. The predicted molar refractivity (Wildman–Crippen MR) is 50.0 cm³/mol. The first-order valence-electron chi connectivity index (χ1n) is 4.53. The molecule has 0 saturated carbocycles. The zero-order chi connectivity index (χ0) is 8.84. The van der Waals surface area contributed by atoms with Crippen molar-refractivity contribution in [3.8, 4) is 5.75 Å². The van der Waals surface area contributed by atoms with Crippen molar-refractivity contribution in [1.82, 2.24) is 0 Å². The third-order valence-electron chi connectivity index (χ3n) is 2.50. The van der Waals surface area contributed by atoms with E-state index in [1.54, 1.807) is 0 Å². The van der Waals surface area contributed by atoms with Gasteiger partial charge >= 0.3 is 0 Å². The molecule has 3 rings (SSSR count). The maximum atomic E-state index is 5.49. The van der Waals surface area contributed by atoms with Crippen LogP contribution in [0.3, 0.4) is 0 Å². The lowest BCUT2D eigenvalue weighted by molar-refractivity contribution is -0.439. The zero-order valence-electron chi connectivity index (χ0n) is 7.50. The van der Waals surface area contributed by atoms with Crippen LogP contribution in [-0.4, -0.2) is 12.4 Å². The van der Waals surface area contributed by atoms with Crippen LogP contribution in [0.5, 0.6) is 5.75 Å². The summed E-state index contributed by atoms with van der Waals surface area (Å²) in [5, 5.41) is 2.09. The molecule has 1 aromatic carbocycles. The fourth-order valence-corrected chi connectivity index (χ4v) is 1.89. The second kappa shape index (κ2) is 2.33. The molecule has 0 radical (unpaired) electrons. The molecule has 0 aliphatic carbocycles. The Balaban J connectivity index is 2.17. The molecule has 0 atom stereocenters. The molecule has 0 bridgehead atoms. The second-order valence-electron chi connectivity index (χ2n) is 3.51. The van der Waals surface area contributed by atoms with Gasteiger partial charge < -0.3 is 4.74 Å². The Hall–Kier alpha value is -1.35. The van der Waals surface area contributed by atoms with Crippen LogP contribution in [-0.2, 0) is 6.42 Å². The molecule has 3 nitrogen and oxygen atoms in total. The number of ether oxygens (including phenoxy) is 1. The van der Waals surface area contributed by atoms with E-state index >= 15 is 0 Å². The summed E-state index contributed by atoms with van der Waals surface area (Å²) in [4.78, 5) is 4.44. The van der Waals surface area contributed by atoms with E-state index in [0.717, 1.165) is 30.3 Å². The van der Waals surface area contributed by atoms with Gasteiger partial charge in [-0.25, -0.2) is 0 Å². The standard InChI is InChI=1S/C10H10N2O/c1-6-11-8-4-7-2-3-13-10(7)5-9(8)12-6/h4-5H,2-3H2,1H3,(H,11,12)/p+1. The average Bonchev–Trinajstić information content (AvgIpc) is 2.63. The highest BCUT2D eigenvalue weighted by Gasteiger charge is 2.22. The molecule has 0 spiro atoms. The van der Waals surface area contributed by atoms with Crippen LogP contribution >= 0.6 is 0 Å². The molecular weight excluding hydrogens is 164 g/mol. The normalized spacial score (nSPS) is 17.8. The Morgan fingerprint density at radius 3 is 3.31 bits per heavy atom. The lowest BCUT2D eigenvalue weighted by Gasteiger charge is -1.99. The highest BCUT2D eigenvalue weighted by molar-refractivity contribution is 5.84. The van der Waals surface area contributed by atoms with Crippen LogP contribution in [0.15, 0.2) is 17.1 Å². The summed E-state index contributed by atoms with van der Waals surface area (Å²) in [6.45, 7) is 2.84. The van der Waals surface area contributed by atoms with Crippen molar-refractivity contribution < 1.29 is 10.1 Å². The van der Waals surface area contributed by atoms with Crippen molar-refractivity contribution >= 4 is 17.2 Å². The monoisotopic (exact) mass is 175 g/mol. The van der Waals surface area contributed by atoms with Gasteiger partial charge in [-0.15, -0.1) is 0 Å². The highest BCUT2D eigenvalue weighted by Crippen LogP contribution is 2.35. The lowest BCUT2D eigenvalue weighted by atomic mass is 10.1. The van der Waals surface area contributed by atoms with Gasteiger partial charge in [0.05, 0.1) is 6.61 Å².